The summed E-state index contributed by atoms with van der Waals surface area (Å²) in [6.45, 7) is 2.28. The molecule has 1 aliphatic carbocycles. The Bertz CT molecular complexity index is 174. The summed E-state index contributed by atoms with van der Waals surface area (Å²) in [5.74, 6) is 0. The molecule has 1 heterocycles. The van der Waals surface area contributed by atoms with Crippen molar-refractivity contribution in [2.24, 2.45) is 0 Å². The molecule has 0 bridgehead atoms. The zero-order valence-electron chi connectivity index (χ0n) is 8.37. The van der Waals surface area contributed by atoms with E-state index in [0.717, 1.165) is 19.5 Å². The third-order valence-corrected chi connectivity index (χ3v) is 3.54. The fourth-order valence-electron chi connectivity index (χ4n) is 2.67. The molecule has 2 aliphatic rings. The molecule has 0 aromatic carbocycles. The molecule has 0 aromatic rings. The Balaban J connectivity index is 1.88. The zero-order chi connectivity index (χ0) is 9.26. The lowest BCUT2D eigenvalue weighted by molar-refractivity contribution is 0.0841. The van der Waals surface area contributed by atoms with Crippen LogP contribution in [-0.4, -0.2) is 48.3 Å². The van der Waals surface area contributed by atoms with E-state index in [0.29, 0.717) is 12.1 Å². The quantitative estimate of drug-likeness (QED) is 0.643. The van der Waals surface area contributed by atoms with Gasteiger partial charge in [0.2, 0.25) is 0 Å². The molecular formula is C10H20N2O. The van der Waals surface area contributed by atoms with Crippen LogP contribution in [0.2, 0.25) is 0 Å². The molecule has 2 N–H and O–H groups in total. The van der Waals surface area contributed by atoms with Gasteiger partial charge in [0.25, 0.3) is 0 Å². The monoisotopic (exact) mass is 184 g/mol. The SMILES string of the molecule is CNC1CCN(C2CCCC2O)C1. The third-order valence-electron chi connectivity index (χ3n) is 3.54. The van der Waals surface area contributed by atoms with Gasteiger partial charge in [-0.25, -0.2) is 0 Å². The Labute approximate surface area is 80.1 Å². The highest BCUT2D eigenvalue weighted by Crippen LogP contribution is 2.26. The van der Waals surface area contributed by atoms with E-state index in [2.05, 4.69) is 10.2 Å². The van der Waals surface area contributed by atoms with Crippen LogP contribution in [0.15, 0.2) is 0 Å². The van der Waals surface area contributed by atoms with Crippen LogP contribution in [-0.2, 0) is 0 Å². The van der Waals surface area contributed by atoms with Crippen molar-refractivity contribution in [1.82, 2.24) is 10.2 Å². The van der Waals surface area contributed by atoms with Gasteiger partial charge in [-0.05, 0) is 32.7 Å². The molecule has 1 saturated heterocycles. The lowest BCUT2D eigenvalue weighted by Crippen LogP contribution is -2.40. The van der Waals surface area contributed by atoms with Crippen molar-refractivity contribution >= 4 is 0 Å². The average molecular weight is 184 g/mol. The maximum Gasteiger partial charge on any atom is 0.0695 e. The van der Waals surface area contributed by atoms with Gasteiger partial charge >= 0.3 is 0 Å². The molecule has 0 spiro atoms. The van der Waals surface area contributed by atoms with E-state index in [1.54, 1.807) is 0 Å². The zero-order valence-corrected chi connectivity index (χ0v) is 8.37. The van der Waals surface area contributed by atoms with Crippen LogP contribution < -0.4 is 5.32 Å². The number of rotatable bonds is 2. The highest BCUT2D eigenvalue weighted by molar-refractivity contribution is 4.91. The van der Waals surface area contributed by atoms with Gasteiger partial charge in [-0.3, -0.25) is 4.90 Å². The number of hydrogen-bond donors (Lipinski definition) is 2. The average Bonchev–Trinajstić information content (AvgIpc) is 2.71. The summed E-state index contributed by atoms with van der Waals surface area (Å²) in [7, 11) is 2.03. The molecule has 3 nitrogen and oxygen atoms in total. The molecule has 2 fully saturated rings. The summed E-state index contributed by atoms with van der Waals surface area (Å²) in [6, 6.07) is 1.10. The normalized spacial score (nSPS) is 41.5. The molecule has 13 heavy (non-hydrogen) atoms. The highest BCUT2D eigenvalue weighted by Gasteiger charge is 2.34. The van der Waals surface area contributed by atoms with E-state index in [1.165, 1.54) is 19.3 Å². The van der Waals surface area contributed by atoms with Crippen LogP contribution in [0, 0.1) is 0 Å². The lowest BCUT2D eigenvalue weighted by atomic mass is 10.2. The highest BCUT2D eigenvalue weighted by atomic mass is 16.3. The van der Waals surface area contributed by atoms with E-state index < -0.39 is 0 Å². The second kappa shape index (κ2) is 3.95. The summed E-state index contributed by atoms with van der Waals surface area (Å²) in [6.07, 6.45) is 4.57. The molecule has 76 valence electrons. The number of likely N-dealkylation sites (tertiary alicyclic amines) is 1. The Morgan fingerprint density at radius 2 is 2.15 bits per heavy atom. The van der Waals surface area contributed by atoms with E-state index in [1.807, 2.05) is 7.05 Å². The van der Waals surface area contributed by atoms with E-state index in [-0.39, 0.29) is 6.10 Å². The fourth-order valence-corrected chi connectivity index (χ4v) is 2.67. The van der Waals surface area contributed by atoms with Gasteiger partial charge in [0.1, 0.15) is 0 Å². The van der Waals surface area contributed by atoms with Gasteiger partial charge in [-0.1, -0.05) is 0 Å². The maximum atomic E-state index is 9.75. The smallest absolute Gasteiger partial charge is 0.0695 e. The van der Waals surface area contributed by atoms with Crippen molar-refractivity contribution in [2.45, 2.75) is 43.9 Å². The van der Waals surface area contributed by atoms with Crippen LogP contribution >= 0.6 is 0 Å². The molecule has 2 rings (SSSR count). The molecule has 3 unspecified atom stereocenters. The Kier molecular flexibility index (Phi) is 2.86. The second-order valence-electron chi connectivity index (χ2n) is 4.33. The van der Waals surface area contributed by atoms with Crippen LogP contribution in [0.4, 0.5) is 0 Å². The Morgan fingerprint density at radius 3 is 2.69 bits per heavy atom. The van der Waals surface area contributed by atoms with Crippen molar-refractivity contribution in [3.8, 4) is 0 Å². The predicted octanol–water partition coefficient (Wildman–Crippen LogP) is 0.193. The first kappa shape index (κ1) is 9.44. The molecule has 0 amide bonds. The largest absolute Gasteiger partial charge is 0.391 e. The standard InChI is InChI=1S/C10H20N2O/c1-11-8-5-6-12(7-8)9-3-2-4-10(9)13/h8-11,13H,2-7H2,1H3. The number of hydrogen-bond acceptors (Lipinski definition) is 3. The minimum atomic E-state index is -0.0596. The molecule has 1 saturated carbocycles. The molecule has 3 atom stereocenters. The van der Waals surface area contributed by atoms with E-state index in [9.17, 15) is 5.11 Å². The summed E-state index contributed by atoms with van der Waals surface area (Å²) < 4.78 is 0. The predicted molar refractivity (Wildman–Crippen MR) is 52.7 cm³/mol. The number of likely N-dealkylation sites (N-methyl/N-ethyl adjacent to an activating group) is 1. The first-order valence-corrected chi connectivity index (χ1v) is 5.40. The maximum absolute atomic E-state index is 9.75. The molecular weight excluding hydrogens is 164 g/mol. The molecule has 0 radical (unpaired) electrons. The molecule has 0 aromatic heterocycles. The topological polar surface area (TPSA) is 35.5 Å². The van der Waals surface area contributed by atoms with Crippen LogP contribution in [0.5, 0.6) is 0 Å². The summed E-state index contributed by atoms with van der Waals surface area (Å²) in [4.78, 5) is 2.46. The Hall–Kier alpha value is -0.120. The molecule has 3 heteroatoms. The lowest BCUT2D eigenvalue weighted by Gasteiger charge is -2.26. The van der Waals surface area contributed by atoms with Crippen molar-refractivity contribution in [2.75, 3.05) is 20.1 Å². The number of aliphatic hydroxyl groups is 1. The van der Waals surface area contributed by atoms with Crippen molar-refractivity contribution < 1.29 is 5.11 Å². The van der Waals surface area contributed by atoms with Crippen molar-refractivity contribution in [3.63, 3.8) is 0 Å². The first-order valence-electron chi connectivity index (χ1n) is 5.40. The van der Waals surface area contributed by atoms with Crippen LogP contribution in [0.1, 0.15) is 25.7 Å². The van der Waals surface area contributed by atoms with Crippen molar-refractivity contribution in [1.29, 1.82) is 0 Å². The number of aliphatic hydroxyl groups excluding tert-OH is 1. The van der Waals surface area contributed by atoms with Gasteiger partial charge in [-0.2, -0.15) is 0 Å². The van der Waals surface area contributed by atoms with Crippen LogP contribution in [0.3, 0.4) is 0 Å². The Morgan fingerprint density at radius 1 is 1.31 bits per heavy atom. The third kappa shape index (κ3) is 1.87. The van der Waals surface area contributed by atoms with Gasteiger partial charge < -0.3 is 10.4 Å². The summed E-state index contributed by atoms with van der Waals surface area (Å²) >= 11 is 0. The summed E-state index contributed by atoms with van der Waals surface area (Å²) in [5.41, 5.74) is 0. The second-order valence-corrected chi connectivity index (χ2v) is 4.33. The van der Waals surface area contributed by atoms with Gasteiger partial charge in [-0.15, -0.1) is 0 Å². The molecule has 1 aliphatic heterocycles. The first-order chi connectivity index (χ1) is 6.31. The van der Waals surface area contributed by atoms with Gasteiger partial charge in [0.15, 0.2) is 0 Å². The number of nitrogens with one attached hydrogen (secondary N) is 1. The van der Waals surface area contributed by atoms with Gasteiger partial charge in [0.05, 0.1) is 6.10 Å². The van der Waals surface area contributed by atoms with Gasteiger partial charge in [0, 0.05) is 25.2 Å². The fraction of sp³-hybridized carbons (Fsp3) is 1.00. The van der Waals surface area contributed by atoms with E-state index >= 15 is 0 Å². The number of nitrogens with zero attached hydrogens (tertiary/aromatic N) is 1. The summed E-state index contributed by atoms with van der Waals surface area (Å²) in [5, 5.41) is 13.1. The van der Waals surface area contributed by atoms with Crippen LogP contribution in [0.25, 0.3) is 0 Å². The minimum Gasteiger partial charge on any atom is -0.391 e. The van der Waals surface area contributed by atoms with Crippen molar-refractivity contribution in [3.05, 3.63) is 0 Å². The minimum absolute atomic E-state index is 0.0596. The van der Waals surface area contributed by atoms with E-state index in [4.69, 9.17) is 0 Å².